The van der Waals surface area contributed by atoms with Crippen molar-refractivity contribution >= 4 is 45.6 Å². The van der Waals surface area contributed by atoms with Gasteiger partial charge in [0.05, 0.1) is 0 Å². The summed E-state index contributed by atoms with van der Waals surface area (Å²) in [4.78, 5) is 9.52. The predicted octanol–water partition coefficient (Wildman–Crippen LogP) is 4.79. The van der Waals surface area contributed by atoms with Gasteiger partial charge in [-0.2, -0.15) is 4.99 Å². The molecule has 5 nitrogen and oxygen atoms in total. The maximum atomic E-state index is 6.07. The van der Waals surface area contributed by atoms with Gasteiger partial charge in [-0.3, -0.25) is 0 Å². The fourth-order valence-corrected chi connectivity index (χ4v) is 5.55. The lowest BCUT2D eigenvalue weighted by Crippen LogP contribution is -2.43. The number of hydrogen-bond donors (Lipinski definition) is 2. The molecular formula is C25H33N5S2. The van der Waals surface area contributed by atoms with Crippen LogP contribution in [0.3, 0.4) is 0 Å². The second-order valence-corrected chi connectivity index (χ2v) is 9.94. The van der Waals surface area contributed by atoms with Crippen LogP contribution in [0.5, 0.6) is 0 Å². The highest BCUT2D eigenvalue weighted by atomic mass is 32.2. The highest BCUT2D eigenvalue weighted by molar-refractivity contribution is 8.13. The molecule has 0 unspecified atom stereocenters. The summed E-state index contributed by atoms with van der Waals surface area (Å²) in [6, 6.07) is 9.26. The number of hydrogen-bond acceptors (Lipinski definition) is 4. The Kier molecular flexibility index (Phi) is 8.42. The predicted molar refractivity (Wildman–Crippen MR) is 144 cm³/mol. The number of rotatable bonds is 5. The number of nitrogens with two attached hydrogens (primary N) is 1. The quantitative estimate of drug-likeness (QED) is 0.369. The number of likely N-dealkylation sites (tertiary alicyclic amines) is 1. The summed E-state index contributed by atoms with van der Waals surface area (Å²) in [7, 11) is 0. The molecule has 0 atom stereocenters. The van der Waals surface area contributed by atoms with E-state index in [0.717, 1.165) is 30.6 Å². The summed E-state index contributed by atoms with van der Waals surface area (Å²) in [5, 5.41) is 4.06. The number of thioether (sulfide) groups is 1. The van der Waals surface area contributed by atoms with Gasteiger partial charge in [-0.25, -0.2) is 0 Å². The van der Waals surface area contributed by atoms with E-state index in [-0.39, 0.29) is 0 Å². The molecule has 0 aromatic heterocycles. The topological polar surface area (TPSA) is 56.9 Å². The Labute approximate surface area is 201 Å². The summed E-state index contributed by atoms with van der Waals surface area (Å²) in [5.41, 5.74) is 8.29. The van der Waals surface area contributed by atoms with Crippen molar-refractivity contribution in [2.75, 3.05) is 42.1 Å². The van der Waals surface area contributed by atoms with Crippen LogP contribution in [-0.4, -0.2) is 53.2 Å². The summed E-state index contributed by atoms with van der Waals surface area (Å²) in [6.07, 6.45) is 17.8. The third kappa shape index (κ3) is 6.70. The van der Waals surface area contributed by atoms with Crippen molar-refractivity contribution in [2.24, 2.45) is 16.6 Å². The molecule has 32 heavy (non-hydrogen) atoms. The van der Waals surface area contributed by atoms with Gasteiger partial charge in [0.2, 0.25) is 0 Å². The van der Waals surface area contributed by atoms with Gasteiger partial charge < -0.3 is 20.9 Å². The fraction of sp³-hybridized carbons (Fsp3) is 0.440. The molecule has 0 saturated carbocycles. The molecule has 2 fully saturated rings. The minimum Gasteiger partial charge on any atom is -0.378 e. The summed E-state index contributed by atoms with van der Waals surface area (Å²) >= 11 is 6.90. The third-order valence-corrected chi connectivity index (χ3v) is 7.42. The molecule has 3 N–H and O–H groups in total. The molecule has 2 saturated heterocycles. The SMILES string of the molecule is NC(=NC(=S)Nc1ccc(N2CCC(N3CCCC3)CC2)cc1)SCC1C=CC=CC=C1. The van der Waals surface area contributed by atoms with Crippen LogP contribution >= 0.6 is 24.0 Å². The van der Waals surface area contributed by atoms with Crippen LogP contribution in [-0.2, 0) is 0 Å². The minimum atomic E-state index is 0.346. The highest BCUT2D eigenvalue weighted by Crippen LogP contribution is 2.26. The van der Waals surface area contributed by atoms with E-state index in [1.807, 2.05) is 12.2 Å². The molecule has 0 radical (unpaired) electrons. The average Bonchev–Trinajstić information content (AvgIpc) is 3.22. The summed E-state index contributed by atoms with van der Waals surface area (Å²) in [6.45, 7) is 4.85. The van der Waals surface area contributed by atoms with Gasteiger partial charge in [-0.05, 0) is 75.3 Å². The first kappa shape index (κ1) is 23.1. The van der Waals surface area contributed by atoms with Crippen molar-refractivity contribution in [3.8, 4) is 0 Å². The molecule has 170 valence electrons. The number of aliphatic imine (C=N–C) groups is 1. The molecule has 2 aliphatic heterocycles. The van der Waals surface area contributed by atoms with E-state index in [0.29, 0.717) is 16.2 Å². The van der Waals surface area contributed by atoms with Crippen LogP contribution in [0, 0.1) is 5.92 Å². The largest absolute Gasteiger partial charge is 0.378 e. The van der Waals surface area contributed by atoms with Gasteiger partial charge in [0, 0.05) is 42.2 Å². The van der Waals surface area contributed by atoms with Gasteiger partial charge in [0.1, 0.15) is 0 Å². The second-order valence-electron chi connectivity index (χ2n) is 8.52. The van der Waals surface area contributed by atoms with Crippen LogP contribution < -0.4 is 16.0 Å². The Balaban J connectivity index is 1.22. The first-order valence-electron chi connectivity index (χ1n) is 11.6. The Morgan fingerprint density at radius 1 is 1.00 bits per heavy atom. The molecule has 1 aromatic carbocycles. The van der Waals surface area contributed by atoms with Crippen molar-refractivity contribution in [3.05, 3.63) is 60.7 Å². The van der Waals surface area contributed by atoms with Crippen LogP contribution in [0.1, 0.15) is 25.7 Å². The van der Waals surface area contributed by atoms with E-state index >= 15 is 0 Å². The molecule has 1 aliphatic carbocycles. The van der Waals surface area contributed by atoms with Crippen LogP contribution in [0.2, 0.25) is 0 Å². The molecular weight excluding hydrogens is 434 g/mol. The Morgan fingerprint density at radius 3 is 2.31 bits per heavy atom. The van der Waals surface area contributed by atoms with Gasteiger partial charge in [0.15, 0.2) is 10.3 Å². The average molecular weight is 468 g/mol. The molecule has 0 bridgehead atoms. The van der Waals surface area contributed by atoms with E-state index in [1.165, 1.54) is 56.2 Å². The lowest BCUT2D eigenvalue weighted by atomic mass is 10.0. The number of thiocarbonyl (C=S) groups is 1. The number of nitrogens with one attached hydrogen (secondary N) is 1. The maximum absolute atomic E-state index is 6.07. The number of amidine groups is 1. The second kappa shape index (κ2) is 11.7. The summed E-state index contributed by atoms with van der Waals surface area (Å²) < 4.78 is 0. The van der Waals surface area contributed by atoms with Gasteiger partial charge in [-0.15, -0.1) is 0 Å². The van der Waals surface area contributed by atoms with Gasteiger partial charge >= 0.3 is 0 Å². The van der Waals surface area contributed by atoms with Gasteiger partial charge in [0.25, 0.3) is 0 Å². The molecule has 0 amide bonds. The molecule has 4 rings (SSSR count). The van der Waals surface area contributed by atoms with E-state index in [9.17, 15) is 0 Å². The Morgan fingerprint density at radius 2 is 1.66 bits per heavy atom. The number of nitrogens with zero attached hydrogens (tertiary/aromatic N) is 3. The summed E-state index contributed by atoms with van der Waals surface area (Å²) in [5.74, 6) is 1.19. The maximum Gasteiger partial charge on any atom is 0.199 e. The highest BCUT2D eigenvalue weighted by Gasteiger charge is 2.26. The first-order valence-corrected chi connectivity index (χ1v) is 13.0. The first-order chi connectivity index (χ1) is 15.7. The standard InChI is InChI=1S/C25H33N5S2/c26-24(32-19-20-7-3-1-2-4-8-20)28-25(31)27-21-9-11-22(12-10-21)30-17-13-23(14-18-30)29-15-5-6-16-29/h1-4,7-12,20,23H,5-6,13-19H2,(H3,26,27,28,31). The van der Waals surface area contributed by atoms with Crippen LogP contribution in [0.4, 0.5) is 11.4 Å². The zero-order valence-corrected chi connectivity index (χ0v) is 20.2. The van der Waals surface area contributed by atoms with E-state index in [2.05, 4.69) is 68.7 Å². The molecule has 3 aliphatic rings. The van der Waals surface area contributed by atoms with E-state index in [4.69, 9.17) is 18.0 Å². The number of piperidine rings is 1. The zero-order valence-electron chi connectivity index (χ0n) is 18.5. The normalized spacial score (nSPS) is 20.6. The minimum absolute atomic E-state index is 0.346. The number of benzene rings is 1. The Bertz CT molecular complexity index is 860. The van der Waals surface area contributed by atoms with Crippen LogP contribution in [0.15, 0.2) is 65.7 Å². The van der Waals surface area contributed by atoms with Crippen molar-refractivity contribution in [1.29, 1.82) is 0 Å². The third-order valence-electron chi connectivity index (χ3n) is 6.29. The zero-order chi connectivity index (χ0) is 22.2. The smallest absolute Gasteiger partial charge is 0.199 e. The van der Waals surface area contributed by atoms with Crippen LogP contribution in [0.25, 0.3) is 0 Å². The monoisotopic (exact) mass is 467 g/mol. The molecule has 1 aromatic rings. The molecule has 7 heteroatoms. The number of anilines is 2. The van der Waals surface area contributed by atoms with Crippen molar-refractivity contribution in [2.45, 2.75) is 31.7 Å². The lowest BCUT2D eigenvalue weighted by molar-refractivity contribution is 0.208. The van der Waals surface area contributed by atoms with Crippen molar-refractivity contribution in [3.63, 3.8) is 0 Å². The number of allylic oxidation sites excluding steroid dienone is 6. The lowest BCUT2D eigenvalue weighted by Gasteiger charge is -2.37. The van der Waals surface area contributed by atoms with Crippen molar-refractivity contribution < 1.29 is 0 Å². The van der Waals surface area contributed by atoms with E-state index in [1.54, 1.807) is 0 Å². The van der Waals surface area contributed by atoms with Gasteiger partial charge in [-0.1, -0.05) is 48.2 Å². The van der Waals surface area contributed by atoms with Crippen molar-refractivity contribution in [1.82, 2.24) is 4.90 Å². The van der Waals surface area contributed by atoms with E-state index < -0.39 is 0 Å². The molecule has 2 heterocycles. The Hall–Kier alpha value is -2.09. The molecule has 0 spiro atoms. The fourth-order valence-electron chi connectivity index (χ4n) is 4.53.